The number of nitrogens with one attached hydrogen (secondary N) is 2. The Kier molecular flexibility index (Phi) is 4.65. The van der Waals surface area contributed by atoms with Crippen molar-refractivity contribution in [1.82, 2.24) is 10.6 Å². The van der Waals surface area contributed by atoms with E-state index < -0.39 is 6.17 Å². The van der Waals surface area contributed by atoms with Crippen LogP contribution in [-0.2, 0) is 0 Å². The molecule has 3 aliphatic rings. The minimum atomic E-state index is -0.799. The van der Waals surface area contributed by atoms with Gasteiger partial charge < -0.3 is 10.6 Å². The van der Waals surface area contributed by atoms with Crippen LogP contribution in [0.25, 0.3) is 0 Å². The van der Waals surface area contributed by atoms with Gasteiger partial charge in [-0.15, -0.1) is 0 Å². The summed E-state index contributed by atoms with van der Waals surface area (Å²) in [6.45, 7) is 3.75. The molecule has 0 spiro atoms. The zero-order valence-electron chi connectivity index (χ0n) is 12.4. The Bertz CT molecular complexity index is 474. The van der Waals surface area contributed by atoms with Crippen LogP contribution in [0.2, 0.25) is 0 Å². The van der Waals surface area contributed by atoms with Crippen molar-refractivity contribution in [2.75, 3.05) is 13.1 Å². The van der Waals surface area contributed by atoms with Crippen LogP contribution in [0.15, 0.2) is 28.8 Å². The number of rotatable bonds is 2. The summed E-state index contributed by atoms with van der Waals surface area (Å²) in [5, 5.41) is 7.41. The summed E-state index contributed by atoms with van der Waals surface area (Å²) in [6, 6.07) is 0.532. The van der Waals surface area contributed by atoms with E-state index >= 15 is 0 Å². The van der Waals surface area contributed by atoms with Gasteiger partial charge in [0.15, 0.2) is 5.29 Å². The summed E-state index contributed by atoms with van der Waals surface area (Å²) in [7, 11) is 0. The van der Waals surface area contributed by atoms with Crippen LogP contribution in [0.1, 0.15) is 26.2 Å². The van der Waals surface area contributed by atoms with Gasteiger partial charge in [-0.05, 0) is 54.8 Å². The van der Waals surface area contributed by atoms with Gasteiger partial charge in [0.25, 0.3) is 0 Å². The fourth-order valence-corrected chi connectivity index (χ4v) is 3.82. The summed E-state index contributed by atoms with van der Waals surface area (Å²) in [4.78, 5) is 4.19. The first-order valence-corrected chi connectivity index (χ1v) is 8.25. The SMILES string of the molecule is CC1CC(C2NCCC=C2C2CCN=C(Cl)N2)C=CC1F. The fourth-order valence-electron chi connectivity index (χ4n) is 3.61. The van der Waals surface area contributed by atoms with E-state index in [1.54, 1.807) is 6.08 Å². The molecule has 0 amide bonds. The lowest BCUT2D eigenvalue weighted by atomic mass is 9.77. The first-order chi connectivity index (χ1) is 10.1. The maximum Gasteiger partial charge on any atom is 0.191 e. The summed E-state index contributed by atoms with van der Waals surface area (Å²) in [5.41, 5.74) is 1.37. The van der Waals surface area contributed by atoms with Gasteiger partial charge in [0, 0.05) is 12.6 Å². The molecule has 1 aliphatic carbocycles. The Labute approximate surface area is 130 Å². The number of halogens is 2. The minimum Gasteiger partial charge on any atom is -0.354 e. The molecular formula is C16H23ClFN3. The van der Waals surface area contributed by atoms with Gasteiger partial charge in [-0.1, -0.05) is 25.2 Å². The Morgan fingerprint density at radius 3 is 3.00 bits per heavy atom. The molecular weight excluding hydrogens is 289 g/mol. The third-order valence-electron chi connectivity index (χ3n) is 4.77. The molecule has 5 atom stereocenters. The quantitative estimate of drug-likeness (QED) is 0.608. The van der Waals surface area contributed by atoms with Crippen molar-refractivity contribution in [2.45, 2.75) is 44.4 Å². The van der Waals surface area contributed by atoms with Crippen LogP contribution in [0, 0.1) is 11.8 Å². The highest BCUT2D eigenvalue weighted by Gasteiger charge is 2.34. The summed E-state index contributed by atoms with van der Waals surface area (Å²) < 4.78 is 13.7. The molecule has 0 aromatic rings. The largest absolute Gasteiger partial charge is 0.354 e. The molecule has 5 heteroatoms. The highest BCUT2D eigenvalue weighted by Crippen LogP contribution is 2.33. The smallest absolute Gasteiger partial charge is 0.191 e. The third kappa shape index (κ3) is 3.32. The van der Waals surface area contributed by atoms with Gasteiger partial charge >= 0.3 is 0 Å². The molecule has 21 heavy (non-hydrogen) atoms. The molecule has 0 fully saturated rings. The molecule has 2 N–H and O–H groups in total. The Morgan fingerprint density at radius 2 is 2.24 bits per heavy atom. The number of hydrogen-bond acceptors (Lipinski definition) is 3. The lowest BCUT2D eigenvalue weighted by molar-refractivity contribution is 0.231. The summed E-state index contributed by atoms with van der Waals surface area (Å²) >= 11 is 6.03. The fraction of sp³-hybridized carbons (Fsp3) is 0.688. The predicted molar refractivity (Wildman–Crippen MR) is 85.5 cm³/mol. The average Bonchev–Trinajstić information content (AvgIpc) is 2.50. The molecule has 5 unspecified atom stereocenters. The van der Waals surface area contributed by atoms with E-state index in [4.69, 9.17) is 11.6 Å². The molecule has 3 nitrogen and oxygen atoms in total. The van der Waals surface area contributed by atoms with E-state index in [2.05, 4.69) is 27.8 Å². The van der Waals surface area contributed by atoms with E-state index in [-0.39, 0.29) is 18.0 Å². The number of aliphatic imine (C=N–C) groups is 1. The highest BCUT2D eigenvalue weighted by molar-refractivity contribution is 6.64. The summed E-state index contributed by atoms with van der Waals surface area (Å²) in [5.74, 6) is 0.451. The maximum atomic E-state index is 13.7. The molecule has 0 bridgehead atoms. The molecule has 0 radical (unpaired) electrons. The second kappa shape index (κ2) is 6.49. The van der Waals surface area contributed by atoms with Crippen molar-refractivity contribution in [3.8, 4) is 0 Å². The molecule has 116 valence electrons. The normalized spacial score (nSPS) is 40.2. The Morgan fingerprint density at radius 1 is 1.38 bits per heavy atom. The third-order valence-corrected chi connectivity index (χ3v) is 5.00. The van der Waals surface area contributed by atoms with E-state index in [1.807, 2.05) is 6.92 Å². The minimum absolute atomic E-state index is 0.0921. The van der Waals surface area contributed by atoms with Crippen molar-refractivity contribution in [3.05, 3.63) is 23.8 Å². The zero-order chi connectivity index (χ0) is 14.8. The number of hydrogen-bond donors (Lipinski definition) is 2. The maximum absolute atomic E-state index is 13.7. The number of alkyl halides is 1. The van der Waals surface area contributed by atoms with Crippen LogP contribution in [-0.4, -0.2) is 36.6 Å². The van der Waals surface area contributed by atoms with Crippen LogP contribution in [0.3, 0.4) is 0 Å². The van der Waals surface area contributed by atoms with Crippen LogP contribution in [0.4, 0.5) is 4.39 Å². The number of allylic oxidation sites excluding steroid dienone is 1. The van der Waals surface area contributed by atoms with E-state index in [0.29, 0.717) is 11.2 Å². The van der Waals surface area contributed by atoms with E-state index in [0.717, 1.165) is 32.4 Å². The lowest BCUT2D eigenvalue weighted by Crippen LogP contribution is -2.50. The summed E-state index contributed by atoms with van der Waals surface area (Å²) in [6.07, 6.45) is 8.21. The van der Waals surface area contributed by atoms with Crippen molar-refractivity contribution in [3.63, 3.8) is 0 Å². The first kappa shape index (κ1) is 15.0. The van der Waals surface area contributed by atoms with Crippen molar-refractivity contribution in [2.24, 2.45) is 16.8 Å². The van der Waals surface area contributed by atoms with Crippen molar-refractivity contribution < 1.29 is 4.39 Å². The number of nitrogens with zero attached hydrogens (tertiary/aromatic N) is 1. The standard InChI is InChI=1S/C16H23ClFN3/c1-10-9-11(4-5-13(10)18)15-12(3-2-7-19-15)14-6-8-20-16(17)21-14/h3-5,10-11,13-15,19H,2,6-9H2,1H3,(H,20,21). The first-order valence-electron chi connectivity index (χ1n) is 7.87. The Balaban J connectivity index is 1.77. The van der Waals surface area contributed by atoms with E-state index in [1.165, 1.54) is 5.57 Å². The van der Waals surface area contributed by atoms with Gasteiger partial charge in [-0.2, -0.15) is 0 Å². The van der Waals surface area contributed by atoms with Crippen molar-refractivity contribution in [1.29, 1.82) is 0 Å². The van der Waals surface area contributed by atoms with E-state index in [9.17, 15) is 4.39 Å². The highest BCUT2D eigenvalue weighted by atomic mass is 35.5. The molecule has 2 aliphatic heterocycles. The predicted octanol–water partition coefficient (Wildman–Crippen LogP) is 2.78. The van der Waals surface area contributed by atoms with Crippen LogP contribution in [0.5, 0.6) is 0 Å². The Hall–Kier alpha value is -0.870. The van der Waals surface area contributed by atoms with Gasteiger partial charge in [0.1, 0.15) is 6.17 Å². The molecule has 2 heterocycles. The van der Waals surface area contributed by atoms with Gasteiger partial charge in [-0.3, -0.25) is 4.99 Å². The van der Waals surface area contributed by atoms with Gasteiger partial charge in [0.05, 0.1) is 6.04 Å². The topological polar surface area (TPSA) is 36.4 Å². The zero-order valence-corrected chi connectivity index (χ0v) is 13.1. The molecule has 0 aromatic carbocycles. The van der Waals surface area contributed by atoms with Crippen LogP contribution < -0.4 is 10.6 Å². The second-order valence-corrected chi connectivity index (χ2v) is 6.65. The van der Waals surface area contributed by atoms with Gasteiger partial charge in [-0.25, -0.2) is 4.39 Å². The lowest BCUT2D eigenvalue weighted by Gasteiger charge is -2.39. The number of amidine groups is 1. The average molecular weight is 312 g/mol. The molecule has 0 aromatic heterocycles. The second-order valence-electron chi connectivity index (χ2n) is 6.29. The molecule has 0 saturated heterocycles. The van der Waals surface area contributed by atoms with Crippen LogP contribution >= 0.6 is 11.6 Å². The molecule has 3 rings (SSSR count). The van der Waals surface area contributed by atoms with Crippen molar-refractivity contribution >= 4 is 16.9 Å². The molecule has 0 saturated carbocycles. The monoisotopic (exact) mass is 311 g/mol. The van der Waals surface area contributed by atoms with Gasteiger partial charge in [0.2, 0.25) is 0 Å².